The number of nitrogens with zero attached hydrogens (tertiary/aromatic N) is 2. The molecule has 4 heterocycles. The van der Waals surface area contributed by atoms with E-state index in [1.54, 1.807) is 7.11 Å². The van der Waals surface area contributed by atoms with Crippen molar-refractivity contribution >= 4 is 5.69 Å². The first-order chi connectivity index (χ1) is 11.8. The Hall–Kier alpha value is -2.07. The largest absolute Gasteiger partial charge is 0.497 e. The van der Waals surface area contributed by atoms with E-state index in [2.05, 4.69) is 22.0 Å². The number of benzene rings is 1. The highest BCUT2D eigenvalue weighted by molar-refractivity contribution is 5.53. The maximum Gasteiger partial charge on any atom is 0.119 e. The lowest BCUT2D eigenvalue weighted by Crippen LogP contribution is -2.54. The van der Waals surface area contributed by atoms with Crippen LogP contribution in [0, 0.1) is 5.92 Å². The Bertz CT molecular complexity index is 695. The van der Waals surface area contributed by atoms with Crippen LogP contribution in [-0.4, -0.2) is 36.1 Å². The minimum atomic E-state index is 0.475. The van der Waals surface area contributed by atoms with Crippen LogP contribution in [0.25, 0.3) is 0 Å². The average Bonchev–Trinajstić information content (AvgIpc) is 2.64. The minimum absolute atomic E-state index is 0.475. The number of hydrogen-bond donors (Lipinski definition) is 1. The number of nitrogens with two attached hydrogens (primary N) is 1. The summed E-state index contributed by atoms with van der Waals surface area (Å²) in [5.74, 6) is 2.09. The van der Waals surface area contributed by atoms with Crippen LogP contribution in [0.4, 0.5) is 5.69 Å². The van der Waals surface area contributed by atoms with Gasteiger partial charge in [0, 0.05) is 30.0 Å². The first kappa shape index (κ1) is 15.5. The van der Waals surface area contributed by atoms with Crippen LogP contribution >= 0.6 is 0 Å². The monoisotopic (exact) mass is 323 g/mol. The van der Waals surface area contributed by atoms with Gasteiger partial charge in [-0.05, 0) is 73.7 Å². The first-order valence-corrected chi connectivity index (χ1v) is 8.82. The number of fused-ring (bicyclic) bond motifs is 3. The maximum absolute atomic E-state index is 6.38. The van der Waals surface area contributed by atoms with Crippen molar-refractivity contribution in [3.05, 3.63) is 53.9 Å². The number of hydrogen-bond acceptors (Lipinski definition) is 4. The molecule has 1 aromatic heterocycles. The van der Waals surface area contributed by atoms with Crippen LogP contribution in [0.5, 0.6) is 5.75 Å². The van der Waals surface area contributed by atoms with Gasteiger partial charge in [-0.3, -0.25) is 9.88 Å². The zero-order valence-electron chi connectivity index (χ0n) is 14.2. The lowest BCUT2D eigenvalue weighted by Gasteiger charge is -2.51. The highest BCUT2D eigenvalue weighted by atomic mass is 16.5. The smallest absolute Gasteiger partial charge is 0.119 e. The summed E-state index contributed by atoms with van der Waals surface area (Å²) in [5.41, 5.74) is 9.84. The molecule has 5 rings (SSSR count). The van der Waals surface area contributed by atoms with Crippen LogP contribution in [0.15, 0.2) is 42.7 Å². The fraction of sp³-hybridized carbons (Fsp3) is 0.450. The number of piperidine rings is 3. The van der Waals surface area contributed by atoms with Crippen LogP contribution in [0.3, 0.4) is 0 Å². The molecule has 0 spiro atoms. The summed E-state index contributed by atoms with van der Waals surface area (Å²) in [6.07, 6.45) is 7.41. The molecule has 2 N–H and O–H groups in total. The summed E-state index contributed by atoms with van der Waals surface area (Å²) < 4.78 is 5.46. The average molecular weight is 323 g/mol. The van der Waals surface area contributed by atoms with Gasteiger partial charge in [0.15, 0.2) is 0 Å². The quantitative estimate of drug-likeness (QED) is 0.879. The van der Waals surface area contributed by atoms with Crippen LogP contribution in [0.1, 0.15) is 29.9 Å². The standard InChI is InChI=1S/C20H25N3O/c1-24-16-4-5-18(21)17(12-16)20-15-6-9-23(10-7-15)19(20)11-14-3-2-8-22-13-14/h2-5,8,12-13,15,19-20H,6-7,9-11,21H2,1H3. The van der Waals surface area contributed by atoms with Crippen LogP contribution in [-0.2, 0) is 6.42 Å². The molecule has 4 nitrogen and oxygen atoms in total. The van der Waals surface area contributed by atoms with Crippen molar-refractivity contribution < 1.29 is 4.74 Å². The number of ether oxygens (including phenoxy) is 1. The molecule has 3 aliphatic rings. The van der Waals surface area contributed by atoms with E-state index in [1.807, 2.05) is 30.6 Å². The summed E-state index contributed by atoms with van der Waals surface area (Å²) in [4.78, 5) is 6.94. The molecule has 3 fully saturated rings. The van der Waals surface area contributed by atoms with Gasteiger partial charge in [0.1, 0.15) is 5.75 Å². The molecule has 0 aliphatic carbocycles. The Kier molecular flexibility index (Phi) is 4.15. The molecule has 0 saturated carbocycles. The van der Waals surface area contributed by atoms with E-state index in [0.717, 1.165) is 17.9 Å². The van der Waals surface area contributed by atoms with Crippen LogP contribution < -0.4 is 10.5 Å². The zero-order chi connectivity index (χ0) is 16.5. The zero-order valence-corrected chi connectivity index (χ0v) is 14.2. The molecule has 0 radical (unpaired) electrons. The summed E-state index contributed by atoms with van der Waals surface area (Å²) in [7, 11) is 1.72. The van der Waals surface area contributed by atoms with E-state index in [-0.39, 0.29) is 0 Å². The number of nitrogen functional groups attached to an aromatic ring is 1. The van der Waals surface area contributed by atoms with E-state index in [1.165, 1.54) is 37.1 Å². The number of rotatable bonds is 4. The van der Waals surface area contributed by atoms with Gasteiger partial charge in [-0.2, -0.15) is 0 Å². The van der Waals surface area contributed by atoms with E-state index in [4.69, 9.17) is 10.5 Å². The molecule has 126 valence electrons. The van der Waals surface area contributed by atoms with Crippen molar-refractivity contribution in [3.63, 3.8) is 0 Å². The number of pyridine rings is 1. The number of methoxy groups -OCH3 is 1. The SMILES string of the molecule is COc1ccc(N)c(C2C3CCN(CC3)C2Cc2cccnc2)c1. The van der Waals surface area contributed by atoms with E-state index >= 15 is 0 Å². The Labute approximate surface area is 143 Å². The van der Waals surface area contributed by atoms with Gasteiger partial charge in [0.2, 0.25) is 0 Å². The van der Waals surface area contributed by atoms with Gasteiger partial charge < -0.3 is 10.5 Å². The fourth-order valence-electron chi connectivity index (χ4n) is 4.60. The number of aromatic nitrogens is 1. The van der Waals surface area contributed by atoms with Crippen molar-refractivity contribution in [2.75, 3.05) is 25.9 Å². The molecular formula is C20H25N3O. The van der Waals surface area contributed by atoms with Crippen molar-refractivity contribution in [1.82, 2.24) is 9.88 Å². The highest BCUT2D eigenvalue weighted by Gasteiger charge is 2.43. The van der Waals surface area contributed by atoms with Gasteiger partial charge in [-0.1, -0.05) is 6.07 Å². The molecular weight excluding hydrogens is 298 g/mol. The molecule has 3 aliphatic heterocycles. The summed E-state index contributed by atoms with van der Waals surface area (Å²) >= 11 is 0. The number of anilines is 1. The fourth-order valence-corrected chi connectivity index (χ4v) is 4.60. The summed E-state index contributed by atoms with van der Waals surface area (Å²) in [6.45, 7) is 2.41. The lowest BCUT2D eigenvalue weighted by molar-refractivity contribution is 0.0258. The minimum Gasteiger partial charge on any atom is -0.497 e. The Morgan fingerprint density at radius 1 is 1.25 bits per heavy atom. The van der Waals surface area contributed by atoms with Crippen molar-refractivity contribution in [2.24, 2.45) is 5.92 Å². The predicted molar refractivity (Wildman–Crippen MR) is 96.2 cm³/mol. The summed E-state index contributed by atoms with van der Waals surface area (Å²) in [5, 5.41) is 0. The second kappa shape index (κ2) is 6.44. The third-order valence-corrected chi connectivity index (χ3v) is 5.79. The molecule has 1 aromatic carbocycles. The normalized spacial score (nSPS) is 28.7. The highest BCUT2D eigenvalue weighted by Crippen LogP contribution is 2.46. The van der Waals surface area contributed by atoms with Crippen molar-refractivity contribution in [3.8, 4) is 5.75 Å². The van der Waals surface area contributed by atoms with Gasteiger partial charge in [0.25, 0.3) is 0 Å². The van der Waals surface area contributed by atoms with Crippen LogP contribution in [0.2, 0.25) is 0 Å². The second-order valence-electron chi connectivity index (χ2n) is 7.03. The molecule has 2 unspecified atom stereocenters. The molecule has 2 aromatic rings. The Morgan fingerprint density at radius 3 is 2.79 bits per heavy atom. The predicted octanol–water partition coefficient (Wildman–Crippen LogP) is 3.09. The topological polar surface area (TPSA) is 51.4 Å². The molecule has 0 amide bonds. The Balaban J connectivity index is 1.70. The third kappa shape index (κ3) is 2.75. The maximum atomic E-state index is 6.38. The lowest BCUT2D eigenvalue weighted by atomic mass is 9.69. The molecule has 3 saturated heterocycles. The Morgan fingerprint density at radius 2 is 2.08 bits per heavy atom. The van der Waals surface area contributed by atoms with Crippen molar-refractivity contribution in [2.45, 2.75) is 31.2 Å². The third-order valence-electron chi connectivity index (χ3n) is 5.79. The van der Waals surface area contributed by atoms with E-state index in [0.29, 0.717) is 17.9 Å². The van der Waals surface area contributed by atoms with Gasteiger partial charge in [-0.15, -0.1) is 0 Å². The molecule has 4 heteroatoms. The van der Waals surface area contributed by atoms with E-state index in [9.17, 15) is 0 Å². The van der Waals surface area contributed by atoms with Gasteiger partial charge in [0.05, 0.1) is 7.11 Å². The van der Waals surface area contributed by atoms with E-state index < -0.39 is 0 Å². The van der Waals surface area contributed by atoms with Crippen molar-refractivity contribution in [1.29, 1.82) is 0 Å². The van der Waals surface area contributed by atoms with Gasteiger partial charge >= 0.3 is 0 Å². The summed E-state index contributed by atoms with van der Waals surface area (Å²) in [6, 6.07) is 10.8. The second-order valence-corrected chi connectivity index (χ2v) is 7.03. The first-order valence-electron chi connectivity index (χ1n) is 8.82. The molecule has 2 bridgehead atoms. The molecule has 24 heavy (non-hydrogen) atoms. The van der Waals surface area contributed by atoms with Gasteiger partial charge in [-0.25, -0.2) is 0 Å². The molecule has 2 atom stereocenters.